The van der Waals surface area contributed by atoms with Gasteiger partial charge in [-0.25, -0.2) is 0 Å². The van der Waals surface area contributed by atoms with Crippen molar-refractivity contribution in [2.75, 3.05) is 31.2 Å². The molecule has 230 valence electrons. The summed E-state index contributed by atoms with van der Waals surface area (Å²) in [6.07, 6.45) is 8.91. The molecule has 3 saturated heterocycles. The normalized spacial score (nSPS) is 27.3. The lowest BCUT2D eigenvalue weighted by Crippen LogP contribution is -2.57. The number of aliphatic hydroxyl groups excluding tert-OH is 1. The van der Waals surface area contributed by atoms with E-state index in [0.29, 0.717) is 32.5 Å². The van der Waals surface area contributed by atoms with Crippen molar-refractivity contribution in [1.82, 2.24) is 4.90 Å². The van der Waals surface area contributed by atoms with Crippen LogP contribution in [-0.4, -0.2) is 70.1 Å². The van der Waals surface area contributed by atoms with Crippen molar-refractivity contribution in [3.63, 3.8) is 0 Å². The second kappa shape index (κ2) is 13.7. The summed E-state index contributed by atoms with van der Waals surface area (Å²) in [5.74, 6) is -1.61. The van der Waals surface area contributed by atoms with E-state index in [9.17, 15) is 19.5 Å². The minimum atomic E-state index is -0.703. The zero-order valence-electron chi connectivity index (χ0n) is 25.2. The summed E-state index contributed by atoms with van der Waals surface area (Å²) in [5.41, 5.74) is 0.766. The van der Waals surface area contributed by atoms with Crippen LogP contribution in [-0.2, 0) is 19.1 Å². The van der Waals surface area contributed by atoms with Gasteiger partial charge in [0.2, 0.25) is 5.91 Å². The Kier molecular flexibility index (Phi) is 9.97. The maximum atomic E-state index is 14.9. The van der Waals surface area contributed by atoms with Gasteiger partial charge in [-0.05, 0) is 60.9 Å². The summed E-state index contributed by atoms with van der Waals surface area (Å²) in [7, 11) is 0. The molecule has 2 bridgehead atoms. The molecule has 2 amide bonds. The molecule has 43 heavy (non-hydrogen) atoms. The monoisotopic (exact) mass is 604 g/mol. The number of nitrogens with zero attached hydrogens (tertiary/aromatic N) is 2. The first kappa shape index (κ1) is 31.3. The summed E-state index contributed by atoms with van der Waals surface area (Å²) in [5, 5.41) is 11.3. The van der Waals surface area contributed by atoms with Crippen molar-refractivity contribution in [3.05, 3.63) is 67.8 Å². The summed E-state index contributed by atoms with van der Waals surface area (Å²) >= 11 is 1.68. The molecule has 3 heterocycles. The zero-order valence-corrected chi connectivity index (χ0v) is 26.0. The van der Waals surface area contributed by atoms with Gasteiger partial charge < -0.3 is 19.6 Å². The molecule has 3 fully saturated rings. The number of esters is 1. The Labute approximate surface area is 259 Å². The predicted octanol–water partition coefficient (Wildman–Crippen LogP) is 5.76. The van der Waals surface area contributed by atoms with Crippen LogP contribution in [0.25, 0.3) is 10.8 Å². The molecule has 3 unspecified atom stereocenters. The van der Waals surface area contributed by atoms with Gasteiger partial charge in [0.15, 0.2) is 0 Å². The number of anilines is 1. The average Bonchev–Trinajstić information content (AvgIpc) is 3.61. The van der Waals surface area contributed by atoms with Crippen LogP contribution in [0.4, 0.5) is 5.69 Å². The summed E-state index contributed by atoms with van der Waals surface area (Å²) in [4.78, 5) is 46.3. The van der Waals surface area contributed by atoms with Crippen LogP contribution in [0.5, 0.6) is 0 Å². The van der Waals surface area contributed by atoms with Gasteiger partial charge in [0, 0.05) is 30.6 Å². The molecule has 6 atom stereocenters. The lowest BCUT2D eigenvalue weighted by molar-refractivity contribution is -0.154. The fourth-order valence-corrected chi connectivity index (χ4v) is 9.90. The van der Waals surface area contributed by atoms with E-state index < -0.39 is 22.6 Å². The third-order valence-corrected chi connectivity index (χ3v) is 11.6. The molecule has 0 radical (unpaired) electrons. The number of rotatable bonds is 15. The van der Waals surface area contributed by atoms with Crippen LogP contribution in [0.3, 0.4) is 0 Å². The Morgan fingerprint density at radius 1 is 1.09 bits per heavy atom. The van der Waals surface area contributed by atoms with Gasteiger partial charge in [0.1, 0.15) is 6.04 Å². The van der Waals surface area contributed by atoms with Crippen molar-refractivity contribution in [1.29, 1.82) is 0 Å². The lowest BCUT2D eigenvalue weighted by atomic mass is 9.66. The van der Waals surface area contributed by atoms with Gasteiger partial charge in [0.25, 0.3) is 5.91 Å². The molecule has 1 spiro atoms. The quantitative estimate of drug-likeness (QED) is 0.158. The SMILES string of the molecule is C=CCCCOC(=O)[C@@H]1[C@H]2C(=O)N(CCCCCCO)C(C(=O)N(CC=C)c3ccc4ccccc4c3)C23S[C@@H]1CC3C. The Balaban J connectivity index is 1.50. The second-order valence-electron chi connectivity index (χ2n) is 12.1. The van der Waals surface area contributed by atoms with Gasteiger partial charge in [-0.3, -0.25) is 14.4 Å². The van der Waals surface area contributed by atoms with Crippen molar-refractivity contribution in [3.8, 4) is 0 Å². The standard InChI is InChI=1S/C35H44N2O5S/c1-4-6-13-21-42-34(41)29-28-22-24(3)35(43-28)30(29)32(39)37(19-11-7-8-12-20-38)31(35)33(40)36(18-5-2)27-17-16-25-14-9-10-15-26(25)23-27/h4-5,9-10,14-17,23-24,28-31,38H,1-2,6-8,11-13,18-22H2,3H3/t24?,28-,29+,30+,31?,35?/m1/s1. The number of allylic oxidation sites excluding steroid dienone is 1. The molecule has 0 saturated carbocycles. The number of amides is 2. The van der Waals surface area contributed by atoms with Gasteiger partial charge in [-0.1, -0.05) is 62.2 Å². The van der Waals surface area contributed by atoms with Crippen molar-refractivity contribution in [2.45, 2.75) is 67.9 Å². The van der Waals surface area contributed by atoms with Gasteiger partial charge >= 0.3 is 5.97 Å². The highest BCUT2D eigenvalue weighted by atomic mass is 32.2. The maximum absolute atomic E-state index is 14.9. The van der Waals surface area contributed by atoms with Crippen LogP contribution >= 0.6 is 11.8 Å². The highest BCUT2D eigenvalue weighted by Gasteiger charge is 2.76. The Hall–Kier alpha value is -3.10. The number of hydrogen-bond donors (Lipinski definition) is 1. The number of ether oxygens (including phenoxy) is 1. The number of fused-ring (bicyclic) bond motifs is 2. The average molecular weight is 605 g/mol. The third-order valence-electron chi connectivity index (χ3n) is 9.48. The molecule has 3 aliphatic rings. The predicted molar refractivity (Wildman–Crippen MR) is 173 cm³/mol. The van der Waals surface area contributed by atoms with E-state index in [1.807, 2.05) is 42.5 Å². The van der Waals surface area contributed by atoms with E-state index in [1.54, 1.807) is 33.7 Å². The van der Waals surface area contributed by atoms with Gasteiger partial charge in [-0.15, -0.1) is 24.9 Å². The minimum Gasteiger partial charge on any atom is -0.465 e. The van der Waals surface area contributed by atoms with Crippen LogP contribution in [0, 0.1) is 17.8 Å². The highest BCUT2D eigenvalue weighted by Crippen LogP contribution is 2.68. The molecule has 5 rings (SSSR count). The Bertz CT molecular complexity index is 1360. The van der Waals surface area contributed by atoms with Crippen molar-refractivity contribution in [2.24, 2.45) is 17.8 Å². The number of carbonyl (C=O) groups excluding carboxylic acids is 3. The lowest BCUT2D eigenvalue weighted by Gasteiger charge is -2.40. The maximum Gasteiger partial charge on any atom is 0.310 e. The smallest absolute Gasteiger partial charge is 0.310 e. The van der Waals surface area contributed by atoms with Crippen molar-refractivity contribution < 1.29 is 24.2 Å². The summed E-state index contributed by atoms with van der Waals surface area (Å²) < 4.78 is 5.02. The zero-order chi connectivity index (χ0) is 30.6. The van der Waals surface area contributed by atoms with E-state index in [-0.39, 0.29) is 35.6 Å². The molecule has 0 aromatic heterocycles. The summed E-state index contributed by atoms with van der Waals surface area (Å²) in [6, 6.07) is 13.4. The van der Waals surface area contributed by atoms with Crippen LogP contribution in [0.15, 0.2) is 67.8 Å². The van der Waals surface area contributed by atoms with Crippen molar-refractivity contribution >= 4 is 46.0 Å². The molecule has 0 aliphatic carbocycles. The number of carbonyl (C=O) groups is 3. The molecule has 2 aromatic carbocycles. The number of unbranched alkanes of at least 4 members (excludes halogenated alkanes) is 4. The fourth-order valence-electron chi connectivity index (χ4n) is 7.50. The first-order valence-electron chi connectivity index (χ1n) is 15.7. The number of benzene rings is 2. The first-order valence-corrected chi connectivity index (χ1v) is 16.5. The van der Waals surface area contributed by atoms with E-state index in [1.165, 1.54) is 0 Å². The molecule has 1 N–H and O–H groups in total. The number of aliphatic hydroxyl groups is 1. The van der Waals surface area contributed by atoms with Gasteiger partial charge in [-0.2, -0.15) is 0 Å². The molecule has 2 aromatic rings. The molecule has 8 heteroatoms. The van der Waals surface area contributed by atoms with Crippen LogP contribution in [0.2, 0.25) is 0 Å². The second-order valence-corrected chi connectivity index (χ2v) is 13.6. The molecular formula is C35H44N2O5S. The number of hydrogen-bond acceptors (Lipinski definition) is 6. The summed E-state index contributed by atoms with van der Waals surface area (Å²) in [6.45, 7) is 11.0. The van der Waals surface area contributed by atoms with E-state index in [0.717, 1.165) is 48.6 Å². The van der Waals surface area contributed by atoms with E-state index >= 15 is 0 Å². The highest BCUT2D eigenvalue weighted by molar-refractivity contribution is 8.02. The largest absolute Gasteiger partial charge is 0.465 e. The molecular weight excluding hydrogens is 560 g/mol. The van der Waals surface area contributed by atoms with Crippen LogP contribution < -0.4 is 4.90 Å². The number of thioether (sulfide) groups is 1. The van der Waals surface area contributed by atoms with Gasteiger partial charge in [0.05, 0.1) is 23.2 Å². The number of likely N-dealkylation sites (tertiary alicyclic amines) is 1. The van der Waals surface area contributed by atoms with E-state index in [2.05, 4.69) is 20.1 Å². The minimum absolute atomic E-state index is 0.0496. The Morgan fingerprint density at radius 2 is 1.86 bits per heavy atom. The first-order chi connectivity index (χ1) is 20.9. The van der Waals surface area contributed by atoms with Crippen LogP contribution in [0.1, 0.15) is 51.9 Å². The third kappa shape index (κ3) is 5.76. The van der Waals surface area contributed by atoms with E-state index in [4.69, 9.17) is 4.74 Å². The topological polar surface area (TPSA) is 87.1 Å². The molecule has 7 nitrogen and oxygen atoms in total. The fraction of sp³-hybridized carbons (Fsp3) is 0.514. The Morgan fingerprint density at radius 3 is 2.60 bits per heavy atom. The molecule has 3 aliphatic heterocycles.